The number of aromatic nitrogens is 1. The molecule has 2 atom stereocenters. The molecule has 0 saturated heterocycles. The second-order valence-electron chi connectivity index (χ2n) is 12.6. The summed E-state index contributed by atoms with van der Waals surface area (Å²) >= 11 is 3.91. The maximum atomic E-state index is 6.39. The largest absolute Gasteiger partial charge is 0.460 e. The number of hydrogen-bond donors (Lipinski definition) is 0. The zero-order chi connectivity index (χ0) is 29.9. The maximum Gasteiger partial charge on any atom is 0.135 e. The van der Waals surface area contributed by atoms with Crippen LogP contribution < -0.4 is 0 Å². The summed E-state index contributed by atoms with van der Waals surface area (Å²) in [5.74, 6) is 1.49. The first-order chi connectivity index (χ1) is 22.8. The molecule has 0 spiro atoms. The van der Waals surface area contributed by atoms with Gasteiger partial charge in [0, 0.05) is 70.7 Å². The molecule has 0 fully saturated rings. The number of allylic oxidation sites excluding steroid dienone is 2. The molecule has 3 aliphatic rings. The van der Waals surface area contributed by atoms with Gasteiger partial charge in [-0.15, -0.1) is 23.1 Å². The Bertz CT molecular complexity index is 2640. The molecule has 218 valence electrons. The average molecular weight is 626 g/mol. The van der Waals surface area contributed by atoms with Crippen LogP contribution in [-0.2, 0) is 6.42 Å². The summed E-state index contributed by atoms with van der Waals surface area (Å²) in [6, 6.07) is 38.4. The smallest absolute Gasteiger partial charge is 0.135 e. The number of benzene rings is 5. The minimum Gasteiger partial charge on any atom is -0.460 e. The highest BCUT2D eigenvalue weighted by molar-refractivity contribution is 8.00. The first kappa shape index (κ1) is 25.4. The Morgan fingerprint density at radius 1 is 0.717 bits per heavy atom. The van der Waals surface area contributed by atoms with Gasteiger partial charge >= 0.3 is 0 Å². The summed E-state index contributed by atoms with van der Waals surface area (Å²) in [5.41, 5.74) is 11.5. The summed E-state index contributed by atoms with van der Waals surface area (Å²) < 4.78 is 11.6. The molecule has 0 bridgehead atoms. The van der Waals surface area contributed by atoms with Gasteiger partial charge in [0.2, 0.25) is 0 Å². The topological polar surface area (TPSA) is 18.1 Å². The van der Waals surface area contributed by atoms with Crippen molar-refractivity contribution in [2.45, 2.75) is 28.9 Å². The van der Waals surface area contributed by atoms with E-state index in [0.29, 0.717) is 11.2 Å². The molecule has 3 aromatic heterocycles. The van der Waals surface area contributed by atoms with Crippen molar-refractivity contribution < 1.29 is 4.42 Å². The normalized spacial score (nSPS) is 18.0. The van der Waals surface area contributed by atoms with Crippen molar-refractivity contribution >= 4 is 77.3 Å². The van der Waals surface area contributed by atoms with Crippen LogP contribution in [0.5, 0.6) is 0 Å². The van der Waals surface area contributed by atoms with Gasteiger partial charge in [-0.25, -0.2) is 0 Å². The predicted molar refractivity (Wildman–Crippen MR) is 196 cm³/mol. The van der Waals surface area contributed by atoms with Gasteiger partial charge in [-0.1, -0.05) is 85.0 Å². The van der Waals surface area contributed by atoms with E-state index >= 15 is 0 Å². The van der Waals surface area contributed by atoms with Crippen LogP contribution in [0.2, 0.25) is 0 Å². The Morgan fingerprint density at radius 3 is 2.57 bits per heavy atom. The third-order valence-corrected chi connectivity index (χ3v) is 12.8. The number of rotatable bonds is 2. The van der Waals surface area contributed by atoms with Gasteiger partial charge in [0.15, 0.2) is 0 Å². The molecular formula is C42H27NOS2. The summed E-state index contributed by atoms with van der Waals surface area (Å²) in [6.45, 7) is 0. The molecule has 8 aromatic rings. The number of hydrogen-bond acceptors (Lipinski definition) is 3. The Labute approximate surface area is 274 Å². The first-order valence-electron chi connectivity index (χ1n) is 16.1. The van der Waals surface area contributed by atoms with E-state index in [-0.39, 0.29) is 0 Å². The lowest BCUT2D eigenvalue weighted by atomic mass is 9.87. The van der Waals surface area contributed by atoms with E-state index in [1.54, 1.807) is 0 Å². The molecule has 2 unspecified atom stereocenters. The van der Waals surface area contributed by atoms with Crippen molar-refractivity contribution in [3.8, 4) is 16.8 Å². The quantitative estimate of drug-likeness (QED) is 0.190. The number of thiophene rings is 1. The summed E-state index contributed by atoms with van der Waals surface area (Å²) in [5, 5.41) is 5.54. The zero-order valence-corrected chi connectivity index (χ0v) is 26.5. The lowest BCUT2D eigenvalue weighted by Gasteiger charge is -2.24. The van der Waals surface area contributed by atoms with Crippen LogP contribution >= 0.6 is 23.1 Å². The van der Waals surface area contributed by atoms with Crippen molar-refractivity contribution in [2.24, 2.45) is 0 Å². The summed E-state index contributed by atoms with van der Waals surface area (Å²) in [6.07, 6.45) is 11.4. The molecular weight excluding hydrogens is 599 g/mol. The van der Waals surface area contributed by atoms with Crippen LogP contribution in [0.25, 0.3) is 71.0 Å². The molecule has 1 aliphatic heterocycles. The fourth-order valence-corrected chi connectivity index (χ4v) is 10.9. The van der Waals surface area contributed by atoms with E-state index in [1.807, 2.05) is 23.1 Å². The van der Waals surface area contributed by atoms with Crippen molar-refractivity contribution in [1.82, 2.24) is 4.57 Å². The van der Waals surface area contributed by atoms with Gasteiger partial charge < -0.3 is 8.98 Å². The van der Waals surface area contributed by atoms with Crippen molar-refractivity contribution in [1.29, 1.82) is 0 Å². The zero-order valence-electron chi connectivity index (χ0n) is 24.9. The number of furan rings is 1. The highest BCUT2D eigenvalue weighted by Gasteiger charge is 2.39. The molecule has 2 nitrogen and oxygen atoms in total. The van der Waals surface area contributed by atoms with E-state index in [4.69, 9.17) is 4.42 Å². The van der Waals surface area contributed by atoms with E-state index in [9.17, 15) is 0 Å². The van der Waals surface area contributed by atoms with Crippen LogP contribution in [0, 0.1) is 0 Å². The third kappa shape index (κ3) is 3.38. The second-order valence-corrected chi connectivity index (χ2v) is 14.9. The summed E-state index contributed by atoms with van der Waals surface area (Å²) in [4.78, 5) is 1.40. The molecule has 0 N–H and O–H groups in total. The molecule has 5 aromatic carbocycles. The fourth-order valence-electron chi connectivity index (χ4n) is 8.29. The Kier molecular flexibility index (Phi) is 5.19. The highest BCUT2D eigenvalue weighted by atomic mass is 32.2. The highest BCUT2D eigenvalue weighted by Crippen LogP contribution is 2.59. The van der Waals surface area contributed by atoms with Crippen molar-refractivity contribution in [3.05, 3.63) is 143 Å². The lowest BCUT2D eigenvalue weighted by Crippen LogP contribution is -2.11. The van der Waals surface area contributed by atoms with Gasteiger partial charge in [-0.3, -0.25) is 0 Å². The minimum atomic E-state index is 0.341. The van der Waals surface area contributed by atoms with E-state index < -0.39 is 0 Å². The molecule has 0 radical (unpaired) electrons. The minimum absolute atomic E-state index is 0.341. The monoisotopic (exact) mass is 625 g/mol. The number of thioether (sulfide) groups is 1. The van der Waals surface area contributed by atoms with Crippen molar-refractivity contribution in [3.63, 3.8) is 0 Å². The second kappa shape index (κ2) is 9.38. The third-order valence-electron chi connectivity index (χ3n) is 10.2. The molecule has 2 aliphatic carbocycles. The van der Waals surface area contributed by atoms with E-state index in [0.717, 1.165) is 24.2 Å². The van der Waals surface area contributed by atoms with Gasteiger partial charge in [0.25, 0.3) is 0 Å². The average Bonchev–Trinajstić information content (AvgIpc) is 3.86. The van der Waals surface area contributed by atoms with Crippen LogP contribution in [0.1, 0.15) is 45.7 Å². The van der Waals surface area contributed by atoms with Gasteiger partial charge in [0.05, 0.1) is 10.8 Å². The van der Waals surface area contributed by atoms with Gasteiger partial charge in [-0.2, -0.15) is 0 Å². The molecule has 0 saturated carbocycles. The van der Waals surface area contributed by atoms with E-state index in [2.05, 4.69) is 132 Å². The number of fused-ring (bicyclic) bond motifs is 13. The maximum absolute atomic E-state index is 6.39. The number of para-hydroxylation sites is 1. The van der Waals surface area contributed by atoms with Crippen LogP contribution in [0.15, 0.2) is 125 Å². The SMILES string of the molecule is C1=Cc2c(oc3cccc(-c4cccc5sc6ccc(-n7c8c(c9ccccc97)C=CC7c9ccccc9SC87)cc6c45)c23)CC1. The van der Waals surface area contributed by atoms with Gasteiger partial charge in [0.1, 0.15) is 11.3 Å². The first-order valence-corrected chi connectivity index (χ1v) is 17.8. The van der Waals surface area contributed by atoms with Crippen molar-refractivity contribution in [2.75, 3.05) is 0 Å². The number of nitrogens with zero attached hydrogens (tertiary/aromatic N) is 1. The molecule has 4 heteroatoms. The van der Waals surface area contributed by atoms with Crippen LogP contribution in [0.3, 0.4) is 0 Å². The number of aryl methyl sites for hydroxylation is 1. The van der Waals surface area contributed by atoms with Crippen LogP contribution in [0.4, 0.5) is 0 Å². The molecule has 0 amide bonds. The lowest BCUT2D eigenvalue weighted by molar-refractivity contribution is 0.546. The Balaban J connectivity index is 1.17. The fraction of sp³-hybridized carbons (Fsp3) is 0.0952. The molecule has 4 heterocycles. The van der Waals surface area contributed by atoms with Crippen LogP contribution in [-0.4, -0.2) is 4.57 Å². The molecule has 46 heavy (non-hydrogen) atoms. The van der Waals surface area contributed by atoms with Gasteiger partial charge in [-0.05, 0) is 65.6 Å². The standard InChI is InChI=1S/C42H27NOS2/c1-4-14-33-25(9-1)29-20-21-30-26-10-3-6-17-36(26)46-42(30)41(29)43(33)24-19-22-37-32(23-24)40-28(13-8-18-38(40)45-37)27-12-7-16-35-39(27)31-11-2-5-15-34(31)44-35/h1-4,6-14,16-23,30,42H,5,15H2. The molecule has 11 rings (SSSR count). The van der Waals surface area contributed by atoms with E-state index in [1.165, 1.54) is 80.6 Å². The Morgan fingerprint density at radius 2 is 1.59 bits per heavy atom. The Hall–Kier alpha value is -4.77. The summed E-state index contributed by atoms with van der Waals surface area (Å²) in [7, 11) is 0. The predicted octanol–water partition coefficient (Wildman–Crippen LogP) is 12.3.